The lowest BCUT2D eigenvalue weighted by Crippen LogP contribution is -1.93. The van der Waals surface area contributed by atoms with Gasteiger partial charge in [0.1, 0.15) is 5.15 Å². The van der Waals surface area contributed by atoms with E-state index in [2.05, 4.69) is 65.6 Å². The van der Waals surface area contributed by atoms with Crippen molar-refractivity contribution in [2.75, 3.05) is 0 Å². The van der Waals surface area contributed by atoms with Crippen molar-refractivity contribution in [3.8, 4) is 44.9 Å². The van der Waals surface area contributed by atoms with Crippen LogP contribution in [0.15, 0.2) is 115 Å². The van der Waals surface area contributed by atoms with E-state index in [0.717, 1.165) is 22.4 Å². The topological polar surface area (TPSA) is 25.8 Å². The molecule has 1 heterocycles. The number of benzene rings is 4. The van der Waals surface area contributed by atoms with E-state index in [9.17, 15) is 0 Å². The van der Waals surface area contributed by atoms with Crippen LogP contribution in [0.1, 0.15) is 0 Å². The number of rotatable bonds is 4. The predicted octanol–water partition coefficient (Wildman–Crippen LogP) is 7.80. The normalized spacial score (nSPS) is 10.7. The summed E-state index contributed by atoms with van der Waals surface area (Å²) in [7, 11) is 0. The smallest absolute Gasteiger partial charge is 0.161 e. The lowest BCUT2D eigenvalue weighted by atomic mass is 10.0. The van der Waals surface area contributed by atoms with Crippen LogP contribution >= 0.6 is 11.6 Å². The maximum absolute atomic E-state index is 6.35. The van der Waals surface area contributed by atoms with Crippen molar-refractivity contribution in [2.45, 2.75) is 0 Å². The highest BCUT2D eigenvalue weighted by Gasteiger charge is 2.09. The monoisotopic (exact) mass is 418 g/mol. The highest BCUT2D eigenvalue weighted by Crippen LogP contribution is 2.28. The van der Waals surface area contributed by atoms with Crippen molar-refractivity contribution in [1.29, 1.82) is 0 Å². The van der Waals surface area contributed by atoms with Crippen LogP contribution in [0.3, 0.4) is 0 Å². The van der Waals surface area contributed by atoms with Gasteiger partial charge in [-0.25, -0.2) is 9.97 Å². The Hall–Kier alpha value is -3.75. The largest absolute Gasteiger partial charge is 0.228 e. The maximum Gasteiger partial charge on any atom is 0.161 e. The third-order valence-corrected chi connectivity index (χ3v) is 5.43. The number of aromatic nitrogens is 2. The molecule has 1 aromatic heterocycles. The van der Waals surface area contributed by atoms with Crippen LogP contribution in [0.4, 0.5) is 0 Å². The number of halogens is 1. The first-order valence-electron chi connectivity index (χ1n) is 10.1. The molecule has 5 aromatic rings. The molecule has 2 nitrogen and oxygen atoms in total. The van der Waals surface area contributed by atoms with Crippen molar-refractivity contribution >= 4 is 11.6 Å². The molecule has 0 fully saturated rings. The quantitative estimate of drug-likeness (QED) is 0.278. The summed E-state index contributed by atoms with van der Waals surface area (Å²) in [4.78, 5) is 9.23. The minimum atomic E-state index is 0.430. The van der Waals surface area contributed by atoms with Crippen LogP contribution in [0, 0.1) is 0 Å². The van der Waals surface area contributed by atoms with Crippen molar-refractivity contribution in [3.63, 3.8) is 0 Å². The molecule has 0 atom stereocenters. The number of nitrogens with zero attached hydrogens (tertiary/aromatic N) is 2. The van der Waals surface area contributed by atoms with Crippen LogP contribution < -0.4 is 0 Å². The number of hydrogen-bond donors (Lipinski definition) is 0. The summed E-state index contributed by atoms with van der Waals surface area (Å²) in [6, 6.07) is 39.0. The molecular weight excluding hydrogens is 400 g/mol. The molecule has 0 unspecified atom stereocenters. The average Bonchev–Trinajstić information content (AvgIpc) is 2.85. The second-order valence-corrected chi connectivity index (χ2v) is 7.67. The Morgan fingerprint density at radius 2 is 0.839 bits per heavy atom. The second-order valence-electron chi connectivity index (χ2n) is 7.29. The molecule has 0 spiro atoms. The van der Waals surface area contributed by atoms with Crippen molar-refractivity contribution in [1.82, 2.24) is 9.97 Å². The summed E-state index contributed by atoms with van der Waals surface area (Å²) in [6.45, 7) is 0. The van der Waals surface area contributed by atoms with Gasteiger partial charge in [0, 0.05) is 17.2 Å². The predicted molar refractivity (Wildman–Crippen MR) is 129 cm³/mol. The highest BCUT2D eigenvalue weighted by molar-refractivity contribution is 6.29. The third-order valence-electron chi connectivity index (χ3n) is 5.23. The standard InChI is InChI=1S/C28H19ClN2/c29-27-19-26(24-15-11-22(12-16-24)20-7-3-1-4-8-20)30-28(31-27)25-17-13-23(14-18-25)21-9-5-2-6-10-21/h1-19H. The molecule has 0 aliphatic rings. The van der Waals surface area contributed by atoms with Gasteiger partial charge in [0.05, 0.1) is 5.69 Å². The van der Waals surface area contributed by atoms with E-state index < -0.39 is 0 Å². The zero-order chi connectivity index (χ0) is 21.0. The van der Waals surface area contributed by atoms with Crippen molar-refractivity contribution in [2.24, 2.45) is 0 Å². The highest BCUT2D eigenvalue weighted by atomic mass is 35.5. The molecule has 0 radical (unpaired) electrons. The molecular formula is C28H19ClN2. The zero-order valence-electron chi connectivity index (χ0n) is 16.7. The molecule has 148 valence electrons. The van der Waals surface area contributed by atoms with Gasteiger partial charge in [-0.2, -0.15) is 0 Å². The Morgan fingerprint density at radius 1 is 0.419 bits per heavy atom. The molecule has 0 bridgehead atoms. The summed E-state index contributed by atoms with van der Waals surface area (Å²) in [6.07, 6.45) is 0. The van der Waals surface area contributed by atoms with Crippen LogP contribution in [-0.2, 0) is 0 Å². The Kier molecular flexibility index (Phi) is 5.30. The van der Waals surface area contributed by atoms with Crippen molar-refractivity contribution in [3.05, 3.63) is 120 Å². The fourth-order valence-corrected chi connectivity index (χ4v) is 3.78. The van der Waals surface area contributed by atoms with Crippen molar-refractivity contribution < 1.29 is 0 Å². The Morgan fingerprint density at radius 3 is 1.35 bits per heavy atom. The molecule has 5 rings (SSSR count). The van der Waals surface area contributed by atoms with Gasteiger partial charge < -0.3 is 0 Å². The van der Waals surface area contributed by atoms with E-state index in [1.165, 1.54) is 16.7 Å². The lowest BCUT2D eigenvalue weighted by Gasteiger charge is -2.08. The minimum absolute atomic E-state index is 0.430. The summed E-state index contributed by atoms with van der Waals surface area (Å²) >= 11 is 6.35. The van der Waals surface area contributed by atoms with Gasteiger partial charge >= 0.3 is 0 Å². The Bertz CT molecular complexity index is 1200. The van der Waals surface area contributed by atoms with Crippen LogP contribution in [0.2, 0.25) is 5.15 Å². The Labute approximate surface area is 186 Å². The summed E-state index contributed by atoms with van der Waals surface area (Å²) < 4.78 is 0. The van der Waals surface area contributed by atoms with Gasteiger partial charge in [0.15, 0.2) is 5.82 Å². The maximum atomic E-state index is 6.35. The fourth-order valence-electron chi connectivity index (χ4n) is 3.60. The van der Waals surface area contributed by atoms with Crippen LogP contribution in [0.5, 0.6) is 0 Å². The summed E-state index contributed by atoms with van der Waals surface area (Å²) in [5.41, 5.74) is 7.44. The summed E-state index contributed by atoms with van der Waals surface area (Å²) in [5.74, 6) is 0.620. The molecule has 4 aromatic carbocycles. The van der Waals surface area contributed by atoms with E-state index in [1.807, 2.05) is 48.5 Å². The summed E-state index contributed by atoms with van der Waals surface area (Å²) in [5, 5.41) is 0.430. The molecule has 0 aliphatic heterocycles. The number of hydrogen-bond acceptors (Lipinski definition) is 2. The van der Waals surface area contributed by atoms with Crippen LogP contribution in [-0.4, -0.2) is 9.97 Å². The Balaban J connectivity index is 1.45. The van der Waals surface area contributed by atoms with Gasteiger partial charge in [-0.3, -0.25) is 0 Å². The van der Waals surface area contributed by atoms with E-state index in [1.54, 1.807) is 6.07 Å². The average molecular weight is 419 g/mol. The van der Waals surface area contributed by atoms with E-state index in [0.29, 0.717) is 11.0 Å². The zero-order valence-corrected chi connectivity index (χ0v) is 17.5. The van der Waals surface area contributed by atoms with E-state index in [4.69, 9.17) is 16.6 Å². The van der Waals surface area contributed by atoms with Gasteiger partial charge in [0.25, 0.3) is 0 Å². The van der Waals surface area contributed by atoms with Gasteiger partial charge in [0.2, 0.25) is 0 Å². The lowest BCUT2D eigenvalue weighted by molar-refractivity contribution is 1.18. The molecule has 0 N–H and O–H groups in total. The SMILES string of the molecule is Clc1cc(-c2ccc(-c3ccccc3)cc2)nc(-c2ccc(-c3ccccc3)cc2)n1. The van der Waals surface area contributed by atoms with Gasteiger partial charge in [-0.15, -0.1) is 0 Å². The van der Waals surface area contributed by atoms with E-state index in [-0.39, 0.29) is 0 Å². The van der Waals surface area contributed by atoms with Gasteiger partial charge in [-0.1, -0.05) is 121 Å². The second kappa shape index (κ2) is 8.55. The molecule has 0 amide bonds. The molecule has 3 heteroatoms. The van der Waals surface area contributed by atoms with Crippen LogP contribution in [0.25, 0.3) is 44.9 Å². The first kappa shape index (κ1) is 19.2. The molecule has 0 saturated heterocycles. The first-order chi connectivity index (χ1) is 15.3. The third kappa shape index (κ3) is 4.25. The minimum Gasteiger partial charge on any atom is -0.228 e. The fraction of sp³-hybridized carbons (Fsp3) is 0. The van der Waals surface area contributed by atoms with Gasteiger partial charge in [-0.05, 0) is 22.3 Å². The molecule has 31 heavy (non-hydrogen) atoms. The molecule has 0 saturated carbocycles. The van der Waals surface area contributed by atoms with E-state index >= 15 is 0 Å². The first-order valence-corrected chi connectivity index (χ1v) is 10.5. The molecule has 0 aliphatic carbocycles.